The smallest absolute Gasteiger partial charge is 0.222 e. The number of rotatable bonds is 11. The highest BCUT2D eigenvalue weighted by atomic mass is 16.2. The summed E-state index contributed by atoms with van der Waals surface area (Å²) >= 11 is 0. The maximum atomic E-state index is 12.0. The van der Waals surface area contributed by atoms with E-state index in [1.165, 1.54) is 0 Å². The van der Waals surface area contributed by atoms with E-state index in [2.05, 4.69) is 37.3 Å². The Hall–Kier alpha value is -1.90. The van der Waals surface area contributed by atoms with Gasteiger partial charge in [-0.1, -0.05) is 57.2 Å². The van der Waals surface area contributed by atoms with Gasteiger partial charge in [0, 0.05) is 32.0 Å². The lowest BCUT2D eigenvalue weighted by Crippen LogP contribution is -2.20. The van der Waals surface area contributed by atoms with Gasteiger partial charge in [-0.15, -0.1) is 0 Å². The van der Waals surface area contributed by atoms with Crippen molar-refractivity contribution in [2.24, 2.45) is 5.92 Å². The van der Waals surface area contributed by atoms with E-state index < -0.39 is 0 Å². The van der Waals surface area contributed by atoms with Gasteiger partial charge in [0.25, 0.3) is 0 Å². The zero-order valence-electron chi connectivity index (χ0n) is 18.0. The Morgan fingerprint density at radius 2 is 1.70 bits per heavy atom. The number of hydrogen-bond donors (Lipinski definition) is 0. The lowest BCUT2D eigenvalue weighted by Gasteiger charge is -2.09. The Bertz CT molecular complexity index is 539. The fraction of sp³-hybridized carbons (Fsp3) is 0.583. The molecule has 0 saturated carbocycles. The van der Waals surface area contributed by atoms with Gasteiger partial charge in [-0.05, 0) is 51.0 Å². The van der Waals surface area contributed by atoms with Gasteiger partial charge in [0.2, 0.25) is 5.91 Å². The molecule has 152 valence electrons. The molecule has 0 heterocycles. The quantitative estimate of drug-likeness (QED) is 0.252. The molecule has 0 aromatic carbocycles. The van der Waals surface area contributed by atoms with Crippen LogP contribution in [0.2, 0.25) is 0 Å². The Morgan fingerprint density at radius 3 is 2.37 bits per heavy atom. The van der Waals surface area contributed by atoms with E-state index in [9.17, 15) is 9.59 Å². The predicted octanol–water partition coefficient (Wildman–Crippen LogP) is 6.04. The zero-order chi connectivity index (χ0) is 20.5. The fourth-order valence-corrected chi connectivity index (χ4v) is 2.78. The van der Waals surface area contributed by atoms with Gasteiger partial charge in [0.1, 0.15) is 0 Å². The maximum Gasteiger partial charge on any atom is 0.222 e. The standard InChI is InChI=1S/C22H33NO2.C2H6/c1-4-5-6-7-8-12-15-20-19(17-18-21(20)24)14-11-9-10-13-16-22(25)23(2)3;1-2/h5-6,9,11,15,17-19H,4,7-8,10,12-14,16H2,1-3H3;1-2H3/b6-5-,11-9-,20-15+;. The molecule has 1 atom stereocenters. The van der Waals surface area contributed by atoms with Crippen molar-refractivity contribution < 1.29 is 9.59 Å². The Morgan fingerprint density at radius 1 is 1.04 bits per heavy atom. The van der Waals surface area contributed by atoms with Crippen LogP contribution in [0.15, 0.2) is 48.1 Å². The number of carbonyl (C=O) groups excluding carboxylic acids is 2. The number of hydrogen-bond acceptors (Lipinski definition) is 2. The molecule has 0 bridgehead atoms. The molecule has 0 aromatic heterocycles. The van der Waals surface area contributed by atoms with Crippen LogP contribution < -0.4 is 0 Å². The number of nitrogens with zero attached hydrogens (tertiary/aromatic N) is 1. The van der Waals surface area contributed by atoms with Crippen molar-refractivity contribution in [2.75, 3.05) is 14.1 Å². The second-order valence-electron chi connectivity index (χ2n) is 6.69. The van der Waals surface area contributed by atoms with Gasteiger partial charge in [-0.25, -0.2) is 0 Å². The molecule has 3 heteroatoms. The van der Waals surface area contributed by atoms with Gasteiger partial charge >= 0.3 is 0 Å². The first-order valence-electron chi connectivity index (χ1n) is 10.5. The highest BCUT2D eigenvalue weighted by Gasteiger charge is 2.21. The van der Waals surface area contributed by atoms with E-state index in [-0.39, 0.29) is 17.6 Å². The van der Waals surface area contributed by atoms with Crippen LogP contribution in [0.25, 0.3) is 0 Å². The van der Waals surface area contributed by atoms with Gasteiger partial charge in [-0.2, -0.15) is 0 Å². The average Bonchev–Trinajstić information content (AvgIpc) is 3.02. The van der Waals surface area contributed by atoms with Crippen LogP contribution in [0.1, 0.15) is 72.1 Å². The Labute approximate surface area is 166 Å². The summed E-state index contributed by atoms with van der Waals surface area (Å²) in [5, 5.41) is 0. The molecule has 0 fully saturated rings. The van der Waals surface area contributed by atoms with Crippen molar-refractivity contribution >= 4 is 11.7 Å². The second kappa shape index (κ2) is 16.3. The van der Waals surface area contributed by atoms with Gasteiger partial charge in [-0.3, -0.25) is 9.59 Å². The summed E-state index contributed by atoms with van der Waals surface area (Å²) in [7, 11) is 3.57. The molecule has 1 aliphatic carbocycles. The third kappa shape index (κ3) is 11.4. The molecule has 1 unspecified atom stereocenters. The van der Waals surface area contributed by atoms with Crippen LogP contribution >= 0.6 is 0 Å². The summed E-state index contributed by atoms with van der Waals surface area (Å²) in [5.41, 5.74) is 0.951. The second-order valence-corrected chi connectivity index (χ2v) is 6.69. The topological polar surface area (TPSA) is 37.4 Å². The summed E-state index contributed by atoms with van der Waals surface area (Å²) < 4.78 is 0. The minimum atomic E-state index is 0.166. The van der Waals surface area contributed by atoms with E-state index in [0.29, 0.717) is 6.42 Å². The first kappa shape index (κ1) is 25.1. The van der Waals surface area contributed by atoms with Gasteiger partial charge in [0.15, 0.2) is 5.78 Å². The molecular weight excluding hydrogens is 334 g/mol. The van der Waals surface area contributed by atoms with Crippen molar-refractivity contribution in [1.29, 1.82) is 0 Å². The number of unbranched alkanes of at least 4 members (excludes halogenated alkanes) is 3. The van der Waals surface area contributed by atoms with Crippen molar-refractivity contribution in [3.63, 3.8) is 0 Å². The minimum Gasteiger partial charge on any atom is -0.349 e. The third-order valence-electron chi connectivity index (χ3n) is 4.32. The Balaban J connectivity index is 0.00000326. The number of ketones is 1. The predicted molar refractivity (Wildman–Crippen MR) is 117 cm³/mol. The van der Waals surface area contributed by atoms with E-state index >= 15 is 0 Å². The maximum absolute atomic E-state index is 12.0. The van der Waals surface area contributed by atoms with Crippen LogP contribution in [0, 0.1) is 5.92 Å². The molecular formula is C24H39NO2. The fourth-order valence-electron chi connectivity index (χ4n) is 2.78. The molecule has 0 spiro atoms. The highest BCUT2D eigenvalue weighted by Crippen LogP contribution is 2.26. The summed E-state index contributed by atoms with van der Waals surface area (Å²) in [6.45, 7) is 6.14. The largest absolute Gasteiger partial charge is 0.349 e. The monoisotopic (exact) mass is 373 g/mol. The zero-order valence-corrected chi connectivity index (χ0v) is 18.0. The van der Waals surface area contributed by atoms with E-state index in [4.69, 9.17) is 0 Å². The lowest BCUT2D eigenvalue weighted by atomic mass is 9.96. The summed E-state index contributed by atoms with van der Waals surface area (Å²) in [4.78, 5) is 25.1. The van der Waals surface area contributed by atoms with Crippen LogP contribution in [-0.2, 0) is 9.59 Å². The van der Waals surface area contributed by atoms with Crippen molar-refractivity contribution in [1.82, 2.24) is 4.90 Å². The lowest BCUT2D eigenvalue weighted by molar-refractivity contribution is -0.128. The molecule has 1 aliphatic rings. The molecule has 0 aliphatic heterocycles. The van der Waals surface area contributed by atoms with Crippen LogP contribution in [-0.4, -0.2) is 30.7 Å². The molecule has 0 aromatic rings. The number of amides is 1. The first-order valence-corrected chi connectivity index (χ1v) is 10.5. The normalized spacial score (nSPS) is 17.7. The minimum absolute atomic E-state index is 0.166. The summed E-state index contributed by atoms with van der Waals surface area (Å²) in [6.07, 6.45) is 22.0. The van der Waals surface area contributed by atoms with Crippen molar-refractivity contribution in [2.45, 2.75) is 72.1 Å². The first-order chi connectivity index (χ1) is 13.1. The average molecular weight is 374 g/mol. The molecule has 0 saturated heterocycles. The van der Waals surface area contributed by atoms with Crippen LogP contribution in [0.4, 0.5) is 0 Å². The number of allylic oxidation sites excluding steroid dienone is 8. The van der Waals surface area contributed by atoms with Crippen LogP contribution in [0.3, 0.4) is 0 Å². The molecule has 1 amide bonds. The molecule has 3 nitrogen and oxygen atoms in total. The SMILES string of the molecule is CC.CC/C=C\CCC/C=C1/C(=O)C=CC1C/C=C\CCCC(=O)N(C)C. The summed E-state index contributed by atoms with van der Waals surface area (Å²) in [6, 6.07) is 0. The molecule has 27 heavy (non-hydrogen) atoms. The van der Waals surface area contributed by atoms with E-state index in [0.717, 1.165) is 50.5 Å². The third-order valence-corrected chi connectivity index (χ3v) is 4.32. The molecule has 0 N–H and O–H groups in total. The Kier molecular flexibility index (Phi) is 15.1. The highest BCUT2D eigenvalue weighted by molar-refractivity contribution is 6.07. The molecule has 1 rings (SSSR count). The van der Waals surface area contributed by atoms with Crippen LogP contribution in [0.5, 0.6) is 0 Å². The number of carbonyl (C=O) groups is 2. The molecule has 0 radical (unpaired) electrons. The van der Waals surface area contributed by atoms with Gasteiger partial charge < -0.3 is 4.90 Å². The van der Waals surface area contributed by atoms with E-state index in [1.807, 2.05) is 19.9 Å². The van der Waals surface area contributed by atoms with Crippen molar-refractivity contribution in [3.05, 3.63) is 48.1 Å². The van der Waals surface area contributed by atoms with Gasteiger partial charge in [0.05, 0.1) is 0 Å². The summed E-state index contributed by atoms with van der Waals surface area (Å²) in [5.74, 6) is 0.564. The van der Waals surface area contributed by atoms with Crippen molar-refractivity contribution in [3.8, 4) is 0 Å². The van der Waals surface area contributed by atoms with E-state index in [1.54, 1.807) is 25.1 Å².